The van der Waals surface area contributed by atoms with Gasteiger partial charge in [0.1, 0.15) is 5.69 Å². The molecule has 0 saturated carbocycles. The highest BCUT2D eigenvalue weighted by Gasteiger charge is 2.19. The van der Waals surface area contributed by atoms with E-state index in [0.717, 1.165) is 16.1 Å². The summed E-state index contributed by atoms with van der Waals surface area (Å²) in [7, 11) is 0. The topological polar surface area (TPSA) is 75.5 Å². The number of hydrogen-bond acceptors (Lipinski definition) is 4. The summed E-state index contributed by atoms with van der Waals surface area (Å²) >= 11 is 1.48. The van der Waals surface area contributed by atoms with Crippen LogP contribution < -0.4 is 10.6 Å². The Kier molecular flexibility index (Phi) is 5.63. The summed E-state index contributed by atoms with van der Waals surface area (Å²) in [6.45, 7) is 4.00. The number of fused-ring (bicyclic) bond motifs is 1. The van der Waals surface area contributed by atoms with Crippen LogP contribution in [0.1, 0.15) is 33.5 Å². The number of rotatable bonds is 6. The number of thiazole rings is 1. The lowest BCUT2D eigenvalue weighted by molar-refractivity contribution is 0.0909. The Morgan fingerprint density at radius 3 is 2.60 bits per heavy atom. The Morgan fingerprint density at radius 1 is 1.07 bits per heavy atom. The molecule has 0 saturated heterocycles. The van der Waals surface area contributed by atoms with Crippen LogP contribution in [0, 0.1) is 6.92 Å². The lowest BCUT2D eigenvalue weighted by Gasteiger charge is -2.16. The van der Waals surface area contributed by atoms with Crippen molar-refractivity contribution in [2.45, 2.75) is 19.9 Å². The third kappa shape index (κ3) is 3.97. The summed E-state index contributed by atoms with van der Waals surface area (Å²) in [4.78, 5) is 30.7. The van der Waals surface area contributed by atoms with Crippen LogP contribution >= 0.6 is 11.3 Å². The van der Waals surface area contributed by atoms with Gasteiger partial charge in [0.15, 0.2) is 4.96 Å². The molecule has 152 valence electrons. The van der Waals surface area contributed by atoms with Gasteiger partial charge < -0.3 is 10.6 Å². The van der Waals surface area contributed by atoms with Crippen molar-refractivity contribution in [3.63, 3.8) is 0 Å². The summed E-state index contributed by atoms with van der Waals surface area (Å²) in [5.74, 6) is -0.374. The number of benzene rings is 2. The molecule has 2 amide bonds. The van der Waals surface area contributed by atoms with E-state index in [1.165, 1.54) is 11.3 Å². The molecular formula is C23H22N4O2S. The van der Waals surface area contributed by atoms with Gasteiger partial charge in [0.05, 0.1) is 5.69 Å². The number of aromatic nitrogens is 2. The molecule has 0 spiro atoms. The van der Waals surface area contributed by atoms with Crippen LogP contribution in [0.25, 0.3) is 16.1 Å². The molecule has 30 heavy (non-hydrogen) atoms. The molecule has 1 atom stereocenters. The number of hydrogen-bond donors (Lipinski definition) is 2. The Bertz CT molecular complexity index is 1200. The maximum absolute atomic E-state index is 12.9. The molecule has 0 fully saturated rings. The second kappa shape index (κ2) is 8.51. The highest BCUT2D eigenvalue weighted by molar-refractivity contribution is 7.15. The molecular weight excluding hydrogens is 396 g/mol. The number of carbonyl (C=O) groups excluding carboxylic acids is 2. The molecule has 0 radical (unpaired) electrons. The zero-order chi connectivity index (χ0) is 21.1. The summed E-state index contributed by atoms with van der Waals surface area (Å²) in [5.41, 5.74) is 3.68. The highest BCUT2D eigenvalue weighted by atomic mass is 32.1. The second-order valence-electron chi connectivity index (χ2n) is 7.10. The largest absolute Gasteiger partial charge is 0.349 e. The van der Waals surface area contributed by atoms with Gasteiger partial charge in [-0.25, -0.2) is 4.98 Å². The third-order valence-electron chi connectivity index (χ3n) is 4.85. The summed E-state index contributed by atoms with van der Waals surface area (Å²) in [5, 5.41) is 7.78. The van der Waals surface area contributed by atoms with Crippen LogP contribution in [0.2, 0.25) is 0 Å². The maximum atomic E-state index is 12.9. The van der Waals surface area contributed by atoms with E-state index in [1.807, 2.05) is 80.0 Å². The Labute approximate surface area is 178 Å². The van der Waals surface area contributed by atoms with Crippen molar-refractivity contribution in [1.29, 1.82) is 0 Å². The Balaban J connectivity index is 1.42. The normalized spacial score (nSPS) is 11.9. The van der Waals surface area contributed by atoms with Crippen molar-refractivity contribution in [3.8, 4) is 11.1 Å². The molecule has 6 nitrogen and oxygen atoms in total. The fraction of sp³-hybridized carbons (Fsp3) is 0.174. The number of nitrogens with one attached hydrogen (secondary N) is 2. The van der Waals surface area contributed by atoms with E-state index in [4.69, 9.17) is 0 Å². The first-order chi connectivity index (χ1) is 14.5. The van der Waals surface area contributed by atoms with E-state index < -0.39 is 0 Å². The first-order valence-corrected chi connectivity index (χ1v) is 10.6. The van der Waals surface area contributed by atoms with Crippen LogP contribution in [-0.2, 0) is 0 Å². The molecule has 2 N–H and O–H groups in total. The van der Waals surface area contributed by atoms with Gasteiger partial charge in [-0.05, 0) is 31.0 Å². The number of amides is 2. The fourth-order valence-corrected chi connectivity index (χ4v) is 4.16. The molecule has 7 heteroatoms. The first kappa shape index (κ1) is 19.8. The van der Waals surface area contributed by atoms with Gasteiger partial charge in [-0.15, -0.1) is 11.3 Å². The van der Waals surface area contributed by atoms with Gasteiger partial charge in [0.25, 0.3) is 11.8 Å². The molecule has 0 aliphatic heterocycles. The number of aryl methyl sites for hydroxylation is 1. The number of carbonyl (C=O) groups is 2. The van der Waals surface area contributed by atoms with E-state index in [0.29, 0.717) is 23.5 Å². The first-order valence-electron chi connectivity index (χ1n) is 9.70. The van der Waals surface area contributed by atoms with Crippen LogP contribution in [0.4, 0.5) is 0 Å². The molecule has 0 bridgehead atoms. The highest BCUT2D eigenvalue weighted by Crippen LogP contribution is 2.23. The maximum Gasteiger partial charge on any atom is 0.270 e. The standard InChI is InChI=1S/C23H22N4O2S/c1-15(14-24-22(29)20-16(2)26-23-27(20)12-13-30-23)25-21(28)19-11-7-6-10-18(19)17-8-4-3-5-9-17/h3-13,15H,14H2,1-2H3,(H,24,29)(H,25,28). The quantitative estimate of drug-likeness (QED) is 0.498. The van der Waals surface area contributed by atoms with Gasteiger partial charge in [0, 0.05) is 29.7 Å². The predicted octanol–water partition coefficient (Wildman–Crippen LogP) is 3.92. The van der Waals surface area contributed by atoms with Crippen LogP contribution in [0.5, 0.6) is 0 Å². The summed E-state index contributed by atoms with van der Waals surface area (Å²) in [6, 6.07) is 17.1. The van der Waals surface area contributed by atoms with Crippen LogP contribution in [0.3, 0.4) is 0 Å². The Morgan fingerprint density at radius 2 is 1.80 bits per heavy atom. The van der Waals surface area contributed by atoms with Gasteiger partial charge in [0.2, 0.25) is 0 Å². The lowest BCUT2D eigenvalue weighted by Crippen LogP contribution is -2.42. The second-order valence-corrected chi connectivity index (χ2v) is 7.97. The van der Waals surface area contributed by atoms with E-state index in [1.54, 1.807) is 4.40 Å². The molecule has 0 aliphatic carbocycles. The summed E-state index contributed by atoms with van der Waals surface area (Å²) < 4.78 is 1.79. The molecule has 2 heterocycles. The summed E-state index contributed by atoms with van der Waals surface area (Å²) in [6.07, 6.45) is 1.83. The minimum atomic E-state index is -0.239. The Hall–Kier alpha value is -3.45. The van der Waals surface area contributed by atoms with Gasteiger partial charge in [-0.2, -0.15) is 0 Å². The van der Waals surface area contributed by atoms with E-state index in [9.17, 15) is 9.59 Å². The molecule has 4 rings (SSSR count). The zero-order valence-electron chi connectivity index (χ0n) is 16.8. The smallest absolute Gasteiger partial charge is 0.270 e. The monoisotopic (exact) mass is 418 g/mol. The van der Waals surface area contributed by atoms with E-state index >= 15 is 0 Å². The lowest BCUT2D eigenvalue weighted by atomic mass is 9.99. The van der Waals surface area contributed by atoms with E-state index in [-0.39, 0.29) is 17.9 Å². The third-order valence-corrected chi connectivity index (χ3v) is 5.61. The van der Waals surface area contributed by atoms with Crippen molar-refractivity contribution in [3.05, 3.63) is 83.1 Å². The van der Waals surface area contributed by atoms with Crippen molar-refractivity contribution in [2.24, 2.45) is 0 Å². The SMILES string of the molecule is Cc1nc2sccn2c1C(=O)NCC(C)NC(=O)c1ccccc1-c1ccccc1. The number of nitrogens with zero attached hydrogens (tertiary/aromatic N) is 2. The zero-order valence-corrected chi connectivity index (χ0v) is 17.6. The molecule has 1 unspecified atom stereocenters. The van der Waals surface area contributed by atoms with Crippen molar-refractivity contribution >= 4 is 28.1 Å². The minimum Gasteiger partial charge on any atom is -0.349 e. The van der Waals surface area contributed by atoms with Crippen molar-refractivity contribution in [1.82, 2.24) is 20.0 Å². The van der Waals surface area contributed by atoms with Gasteiger partial charge in [-0.1, -0.05) is 48.5 Å². The van der Waals surface area contributed by atoms with Crippen molar-refractivity contribution < 1.29 is 9.59 Å². The van der Waals surface area contributed by atoms with Crippen LogP contribution in [0.15, 0.2) is 66.2 Å². The van der Waals surface area contributed by atoms with Crippen LogP contribution in [-0.4, -0.2) is 33.8 Å². The predicted molar refractivity (Wildman–Crippen MR) is 119 cm³/mol. The van der Waals surface area contributed by atoms with Crippen molar-refractivity contribution in [2.75, 3.05) is 6.54 Å². The molecule has 2 aromatic heterocycles. The minimum absolute atomic E-state index is 0.169. The van der Waals surface area contributed by atoms with E-state index in [2.05, 4.69) is 15.6 Å². The number of imidazole rings is 1. The van der Waals surface area contributed by atoms with Gasteiger partial charge >= 0.3 is 0 Å². The average Bonchev–Trinajstić information content (AvgIpc) is 3.32. The fourth-order valence-electron chi connectivity index (χ4n) is 3.40. The average molecular weight is 419 g/mol. The molecule has 2 aromatic carbocycles. The molecule has 4 aromatic rings. The molecule has 0 aliphatic rings. The van der Waals surface area contributed by atoms with Gasteiger partial charge in [-0.3, -0.25) is 14.0 Å².